The molecule has 0 saturated carbocycles. The Labute approximate surface area is 137 Å². The molecule has 1 N–H and O–H groups in total. The van der Waals surface area contributed by atoms with Gasteiger partial charge in [0, 0.05) is 11.5 Å². The Kier molecular flexibility index (Phi) is 5.38. The molecule has 8 heteroatoms. The highest BCUT2D eigenvalue weighted by molar-refractivity contribution is 9.10. The van der Waals surface area contributed by atoms with Crippen molar-refractivity contribution in [3.8, 4) is 0 Å². The molecule has 1 aromatic carbocycles. The molecule has 0 aliphatic rings. The van der Waals surface area contributed by atoms with E-state index >= 15 is 0 Å². The number of carbonyl (C=O) groups excluding carboxylic acids is 1. The first kappa shape index (κ1) is 16.7. The van der Waals surface area contributed by atoms with E-state index in [1.807, 2.05) is 0 Å². The van der Waals surface area contributed by atoms with E-state index < -0.39 is 15.9 Å². The summed E-state index contributed by atoms with van der Waals surface area (Å²) in [5.41, 5.74) is 0. The van der Waals surface area contributed by atoms with Crippen LogP contribution in [0.25, 0.3) is 0 Å². The number of nitrogens with one attached hydrogen (secondary N) is 1. The van der Waals surface area contributed by atoms with Crippen LogP contribution in [0.2, 0.25) is 0 Å². The van der Waals surface area contributed by atoms with Gasteiger partial charge in [0.2, 0.25) is 15.9 Å². The number of hydrogen-bond donors (Lipinski definition) is 1. The van der Waals surface area contributed by atoms with Crippen LogP contribution in [-0.4, -0.2) is 32.2 Å². The van der Waals surface area contributed by atoms with E-state index in [4.69, 9.17) is 4.42 Å². The highest BCUT2D eigenvalue weighted by Gasteiger charge is 2.24. The topological polar surface area (TPSA) is 79.6 Å². The van der Waals surface area contributed by atoms with Crippen LogP contribution in [0.15, 0.2) is 56.4 Å². The van der Waals surface area contributed by atoms with Gasteiger partial charge in [-0.25, -0.2) is 8.42 Å². The van der Waals surface area contributed by atoms with Crippen molar-refractivity contribution in [1.29, 1.82) is 0 Å². The van der Waals surface area contributed by atoms with Gasteiger partial charge in [0.05, 0.1) is 24.2 Å². The van der Waals surface area contributed by atoms with Gasteiger partial charge in [-0.05, 0) is 40.2 Å². The molecule has 1 aromatic heterocycles. The van der Waals surface area contributed by atoms with Gasteiger partial charge in [-0.2, -0.15) is 4.31 Å². The summed E-state index contributed by atoms with van der Waals surface area (Å²) in [6, 6.07) is 9.91. The molecular formula is C14H15BrN2O4S. The van der Waals surface area contributed by atoms with Crippen LogP contribution < -0.4 is 5.32 Å². The zero-order valence-electron chi connectivity index (χ0n) is 11.8. The van der Waals surface area contributed by atoms with Gasteiger partial charge in [-0.3, -0.25) is 4.79 Å². The maximum absolute atomic E-state index is 12.4. The molecular weight excluding hydrogens is 372 g/mol. The monoisotopic (exact) mass is 386 g/mol. The normalized spacial score (nSPS) is 11.6. The number of amides is 1. The first-order valence-corrected chi connectivity index (χ1v) is 8.64. The first-order chi connectivity index (χ1) is 10.4. The zero-order chi connectivity index (χ0) is 16.2. The average Bonchev–Trinajstić information content (AvgIpc) is 2.98. The van der Waals surface area contributed by atoms with E-state index in [1.165, 1.54) is 19.4 Å². The highest BCUT2D eigenvalue weighted by atomic mass is 79.9. The third kappa shape index (κ3) is 3.96. The van der Waals surface area contributed by atoms with Gasteiger partial charge in [-0.15, -0.1) is 0 Å². The number of nitrogens with zero attached hydrogens (tertiary/aromatic N) is 1. The van der Waals surface area contributed by atoms with E-state index in [0.717, 1.165) is 4.31 Å². The van der Waals surface area contributed by atoms with Gasteiger partial charge >= 0.3 is 0 Å². The molecule has 0 saturated heterocycles. The van der Waals surface area contributed by atoms with Crippen molar-refractivity contribution in [2.75, 3.05) is 13.6 Å². The first-order valence-electron chi connectivity index (χ1n) is 6.41. The SMILES string of the molecule is CN(CC(=O)NCc1ccco1)S(=O)(=O)c1ccccc1Br. The summed E-state index contributed by atoms with van der Waals surface area (Å²) in [5.74, 6) is 0.194. The summed E-state index contributed by atoms with van der Waals surface area (Å²) in [4.78, 5) is 12.0. The number of halogens is 1. The van der Waals surface area contributed by atoms with Crippen molar-refractivity contribution in [2.24, 2.45) is 0 Å². The summed E-state index contributed by atoms with van der Waals surface area (Å²) in [7, 11) is -2.37. The summed E-state index contributed by atoms with van der Waals surface area (Å²) in [6.07, 6.45) is 1.50. The van der Waals surface area contributed by atoms with Crippen LogP contribution in [0.3, 0.4) is 0 Å². The Hall–Kier alpha value is -1.64. The van der Waals surface area contributed by atoms with Crippen LogP contribution in [0.1, 0.15) is 5.76 Å². The lowest BCUT2D eigenvalue weighted by atomic mass is 10.4. The van der Waals surface area contributed by atoms with Crippen molar-refractivity contribution in [2.45, 2.75) is 11.4 Å². The largest absolute Gasteiger partial charge is 0.467 e. The van der Waals surface area contributed by atoms with Gasteiger partial charge in [0.25, 0.3) is 0 Å². The minimum atomic E-state index is -3.73. The second kappa shape index (κ2) is 7.08. The summed E-state index contributed by atoms with van der Waals surface area (Å²) in [6.45, 7) is -0.0564. The Bertz CT molecular complexity index is 744. The predicted molar refractivity (Wildman–Crippen MR) is 84.5 cm³/mol. The Morgan fingerprint density at radius 2 is 2.00 bits per heavy atom. The number of carbonyl (C=O) groups is 1. The molecule has 22 heavy (non-hydrogen) atoms. The molecule has 2 rings (SSSR count). The van der Waals surface area contributed by atoms with Crippen LogP contribution in [0.5, 0.6) is 0 Å². The number of rotatable bonds is 6. The van der Waals surface area contributed by atoms with Crippen molar-refractivity contribution in [3.63, 3.8) is 0 Å². The molecule has 0 bridgehead atoms. The maximum Gasteiger partial charge on any atom is 0.244 e. The standard InChI is InChI=1S/C14H15BrN2O4S/c1-17(10-14(18)16-9-11-5-4-8-21-11)22(19,20)13-7-3-2-6-12(13)15/h2-8H,9-10H2,1H3,(H,16,18). The van der Waals surface area contributed by atoms with Gasteiger partial charge in [0.1, 0.15) is 5.76 Å². The molecule has 0 atom stereocenters. The predicted octanol–water partition coefficient (Wildman–Crippen LogP) is 1.98. The lowest BCUT2D eigenvalue weighted by molar-refractivity contribution is -0.121. The third-order valence-corrected chi connectivity index (χ3v) is 5.75. The molecule has 0 spiro atoms. The van der Waals surface area contributed by atoms with E-state index in [-0.39, 0.29) is 18.0 Å². The molecule has 1 amide bonds. The quantitative estimate of drug-likeness (QED) is 0.822. The van der Waals surface area contributed by atoms with Gasteiger partial charge < -0.3 is 9.73 Å². The van der Waals surface area contributed by atoms with Crippen LogP contribution >= 0.6 is 15.9 Å². The lowest BCUT2D eigenvalue weighted by Crippen LogP contribution is -2.38. The van der Waals surface area contributed by atoms with E-state index in [0.29, 0.717) is 10.2 Å². The zero-order valence-corrected chi connectivity index (χ0v) is 14.2. The maximum atomic E-state index is 12.4. The Morgan fingerprint density at radius 3 is 2.64 bits per heavy atom. The van der Waals surface area contributed by atoms with Crippen LogP contribution in [-0.2, 0) is 21.4 Å². The Morgan fingerprint density at radius 1 is 1.27 bits per heavy atom. The minimum absolute atomic E-state index is 0.122. The fraction of sp³-hybridized carbons (Fsp3) is 0.214. The van der Waals surface area contributed by atoms with E-state index in [9.17, 15) is 13.2 Å². The van der Waals surface area contributed by atoms with E-state index in [1.54, 1.807) is 30.3 Å². The fourth-order valence-corrected chi connectivity index (χ4v) is 3.85. The van der Waals surface area contributed by atoms with Gasteiger partial charge in [-0.1, -0.05) is 12.1 Å². The molecule has 0 aliphatic heterocycles. The number of likely N-dealkylation sites (N-methyl/N-ethyl adjacent to an activating group) is 1. The Balaban J connectivity index is 2.00. The molecule has 118 valence electrons. The lowest BCUT2D eigenvalue weighted by Gasteiger charge is -2.17. The number of hydrogen-bond acceptors (Lipinski definition) is 4. The minimum Gasteiger partial charge on any atom is -0.467 e. The summed E-state index contributed by atoms with van der Waals surface area (Å²) in [5, 5.41) is 2.60. The second-order valence-corrected chi connectivity index (χ2v) is 7.42. The van der Waals surface area contributed by atoms with Crippen molar-refractivity contribution in [1.82, 2.24) is 9.62 Å². The summed E-state index contributed by atoms with van der Waals surface area (Å²) >= 11 is 3.20. The molecule has 1 heterocycles. The van der Waals surface area contributed by atoms with Crippen LogP contribution in [0, 0.1) is 0 Å². The molecule has 2 aromatic rings. The van der Waals surface area contributed by atoms with Crippen LogP contribution in [0.4, 0.5) is 0 Å². The fourth-order valence-electron chi connectivity index (χ4n) is 1.76. The van der Waals surface area contributed by atoms with Crippen molar-refractivity contribution >= 4 is 31.9 Å². The average molecular weight is 387 g/mol. The molecule has 0 fully saturated rings. The molecule has 6 nitrogen and oxygen atoms in total. The second-order valence-electron chi connectivity index (χ2n) is 4.55. The summed E-state index contributed by atoms with van der Waals surface area (Å²) < 4.78 is 31.4. The van der Waals surface area contributed by atoms with Crippen molar-refractivity contribution in [3.05, 3.63) is 52.9 Å². The smallest absolute Gasteiger partial charge is 0.244 e. The number of furan rings is 1. The van der Waals surface area contributed by atoms with Gasteiger partial charge in [0.15, 0.2) is 0 Å². The number of sulfonamides is 1. The van der Waals surface area contributed by atoms with E-state index in [2.05, 4.69) is 21.2 Å². The highest BCUT2D eigenvalue weighted by Crippen LogP contribution is 2.23. The molecule has 0 radical (unpaired) electrons. The third-order valence-electron chi connectivity index (χ3n) is 2.93. The van der Waals surface area contributed by atoms with Crippen molar-refractivity contribution < 1.29 is 17.6 Å². The number of benzene rings is 1. The molecule has 0 aliphatic carbocycles. The molecule has 0 unspecified atom stereocenters.